The lowest BCUT2D eigenvalue weighted by Gasteiger charge is -2.36. The van der Waals surface area contributed by atoms with E-state index in [-0.39, 0.29) is 17.6 Å². The van der Waals surface area contributed by atoms with Crippen LogP contribution in [0.15, 0.2) is 4.99 Å². The lowest BCUT2D eigenvalue weighted by atomic mass is 9.94. The summed E-state index contributed by atoms with van der Waals surface area (Å²) in [4.78, 5) is 19.0. The van der Waals surface area contributed by atoms with Crippen LogP contribution in [-0.4, -0.2) is 75.4 Å². The van der Waals surface area contributed by atoms with Gasteiger partial charge >= 0.3 is 0 Å². The smallest absolute Gasteiger partial charge is 0.225 e. The Kier molecular flexibility index (Phi) is 6.75. The summed E-state index contributed by atoms with van der Waals surface area (Å²) in [6, 6.07) is 0.264. The molecule has 1 atom stereocenters. The number of guanidine groups is 1. The van der Waals surface area contributed by atoms with Gasteiger partial charge < -0.3 is 25.0 Å². The Morgan fingerprint density at radius 2 is 2.00 bits per heavy atom. The van der Waals surface area contributed by atoms with Crippen molar-refractivity contribution in [2.45, 2.75) is 56.6 Å². The van der Waals surface area contributed by atoms with Gasteiger partial charge in [0.2, 0.25) is 5.91 Å². The fraction of sp³-hybridized carbons (Fsp3) is 0.895. The lowest BCUT2D eigenvalue weighted by Crippen LogP contribution is -2.52. The molecule has 7 heteroatoms. The minimum Gasteiger partial charge on any atom is -0.381 e. The number of likely N-dealkylation sites (tertiary alicyclic amines) is 1. The van der Waals surface area contributed by atoms with E-state index in [9.17, 15) is 4.79 Å². The van der Waals surface area contributed by atoms with Crippen molar-refractivity contribution in [1.29, 1.82) is 0 Å². The van der Waals surface area contributed by atoms with Crippen LogP contribution in [-0.2, 0) is 14.3 Å². The van der Waals surface area contributed by atoms with E-state index in [0.717, 1.165) is 64.4 Å². The van der Waals surface area contributed by atoms with Crippen LogP contribution in [0.25, 0.3) is 0 Å². The van der Waals surface area contributed by atoms with Gasteiger partial charge in [-0.05, 0) is 19.3 Å². The topological polar surface area (TPSA) is 75.2 Å². The van der Waals surface area contributed by atoms with Crippen molar-refractivity contribution < 1.29 is 14.3 Å². The van der Waals surface area contributed by atoms with Gasteiger partial charge in [-0.1, -0.05) is 12.8 Å². The molecule has 0 aromatic carbocycles. The second kappa shape index (κ2) is 9.04. The molecule has 0 aromatic rings. The van der Waals surface area contributed by atoms with Crippen LogP contribution in [0.1, 0.15) is 44.9 Å². The third kappa shape index (κ3) is 4.68. The molecule has 0 radical (unpaired) electrons. The van der Waals surface area contributed by atoms with Gasteiger partial charge in [-0.3, -0.25) is 9.79 Å². The molecule has 0 aromatic heterocycles. The van der Waals surface area contributed by atoms with Crippen LogP contribution in [0.4, 0.5) is 0 Å². The van der Waals surface area contributed by atoms with Crippen molar-refractivity contribution in [1.82, 2.24) is 15.5 Å². The van der Waals surface area contributed by atoms with E-state index in [0.29, 0.717) is 12.5 Å². The number of nitrogens with zero attached hydrogens (tertiary/aromatic N) is 2. The maximum atomic E-state index is 12.6. The minimum absolute atomic E-state index is 0.185. The average molecular weight is 367 g/mol. The van der Waals surface area contributed by atoms with E-state index in [1.165, 1.54) is 12.8 Å². The molecular weight excluding hydrogens is 332 g/mol. The Bertz CT molecular complexity index is 499. The summed E-state index contributed by atoms with van der Waals surface area (Å²) in [7, 11) is 3.56. The van der Waals surface area contributed by atoms with Gasteiger partial charge in [-0.15, -0.1) is 0 Å². The van der Waals surface area contributed by atoms with E-state index in [1.54, 1.807) is 14.2 Å². The van der Waals surface area contributed by atoms with Crippen molar-refractivity contribution >= 4 is 11.9 Å². The highest BCUT2D eigenvalue weighted by atomic mass is 16.5. The Labute approximate surface area is 156 Å². The van der Waals surface area contributed by atoms with Crippen LogP contribution in [0.2, 0.25) is 0 Å². The highest BCUT2D eigenvalue weighted by molar-refractivity contribution is 5.81. The molecule has 2 heterocycles. The van der Waals surface area contributed by atoms with E-state index >= 15 is 0 Å². The highest BCUT2D eigenvalue weighted by Gasteiger charge is 2.34. The van der Waals surface area contributed by atoms with E-state index < -0.39 is 0 Å². The normalized spacial score (nSPS) is 26.9. The van der Waals surface area contributed by atoms with Gasteiger partial charge in [0.05, 0.1) is 5.60 Å². The van der Waals surface area contributed by atoms with Gasteiger partial charge in [0.25, 0.3) is 0 Å². The number of carbonyl (C=O) groups excluding carboxylic acids is 1. The zero-order valence-electron chi connectivity index (χ0n) is 16.3. The molecule has 3 fully saturated rings. The molecule has 3 rings (SSSR count). The van der Waals surface area contributed by atoms with Crippen molar-refractivity contribution in [2.75, 3.05) is 47.0 Å². The highest BCUT2D eigenvalue weighted by Crippen LogP contribution is 2.28. The number of methoxy groups -OCH3 is 1. The summed E-state index contributed by atoms with van der Waals surface area (Å²) in [5.41, 5.74) is -0.185. The Balaban J connectivity index is 1.45. The second-order valence-electron chi connectivity index (χ2n) is 7.82. The van der Waals surface area contributed by atoms with Gasteiger partial charge in [0, 0.05) is 71.8 Å². The van der Waals surface area contributed by atoms with Crippen LogP contribution in [0.3, 0.4) is 0 Å². The van der Waals surface area contributed by atoms with Crippen LogP contribution in [0, 0.1) is 5.92 Å². The fourth-order valence-electron chi connectivity index (χ4n) is 4.34. The van der Waals surface area contributed by atoms with Gasteiger partial charge in [0.15, 0.2) is 5.96 Å². The van der Waals surface area contributed by atoms with Crippen LogP contribution < -0.4 is 10.6 Å². The first-order chi connectivity index (χ1) is 12.7. The molecule has 7 nitrogen and oxygen atoms in total. The fourth-order valence-corrected chi connectivity index (χ4v) is 4.34. The predicted molar refractivity (Wildman–Crippen MR) is 101 cm³/mol. The minimum atomic E-state index is -0.185. The summed E-state index contributed by atoms with van der Waals surface area (Å²) in [6.45, 7) is 3.82. The van der Waals surface area contributed by atoms with Gasteiger partial charge in [0.1, 0.15) is 0 Å². The van der Waals surface area contributed by atoms with E-state index in [4.69, 9.17) is 9.47 Å². The first-order valence-corrected chi connectivity index (χ1v) is 10.0. The quantitative estimate of drug-likeness (QED) is 0.564. The maximum Gasteiger partial charge on any atom is 0.225 e. The molecule has 2 N–H and O–H groups in total. The molecule has 1 saturated carbocycles. The molecule has 0 spiro atoms. The molecule has 26 heavy (non-hydrogen) atoms. The number of amides is 1. The number of ether oxygens (including phenoxy) is 2. The third-order valence-electron chi connectivity index (χ3n) is 6.18. The molecule has 2 saturated heterocycles. The number of aliphatic imine (C=N–C) groups is 1. The average Bonchev–Trinajstić information content (AvgIpc) is 3.37. The summed E-state index contributed by atoms with van der Waals surface area (Å²) in [5.74, 6) is 1.41. The zero-order valence-corrected chi connectivity index (χ0v) is 16.3. The summed E-state index contributed by atoms with van der Waals surface area (Å²) in [5, 5.41) is 6.89. The van der Waals surface area contributed by atoms with Crippen LogP contribution in [0.5, 0.6) is 0 Å². The number of nitrogens with one attached hydrogen (secondary N) is 2. The largest absolute Gasteiger partial charge is 0.381 e. The molecular formula is C19H34N4O3. The Morgan fingerprint density at radius 1 is 1.27 bits per heavy atom. The zero-order chi connectivity index (χ0) is 18.4. The standard InChI is InChI=1S/C19H34N4O3/c1-20-18(21-14-19(25-2)8-11-26-12-9-19)22-16-7-10-23(13-16)17(24)15-5-3-4-6-15/h15-16H,3-14H2,1-2H3,(H2,20,21,22). The molecule has 3 aliphatic rings. The van der Waals surface area contributed by atoms with Crippen molar-refractivity contribution in [3.8, 4) is 0 Å². The molecule has 0 bridgehead atoms. The molecule has 1 amide bonds. The summed E-state index contributed by atoms with van der Waals surface area (Å²) < 4.78 is 11.2. The number of carbonyl (C=O) groups is 1. The molecule has 2 aliphatic heterocycles. The van der Waals surface area contributed by atoms with E-state index in [2.05, 4.69) is 15.6 Å². The van der Waals surface area contributed by atoms with Crippen molar-refractivity contribution in [3.05, 3.63) is 0 Å². The predicted octanol–water partition coefficient (Wildman–Crippen LogP) is 1.14. The van der Waals surface area contributed by atoms with Gasteiger partial charge in [-0.25, -0.2) is 0 Å². The van der Waals surface area contributed by atoms with Crippen LogP contribution >= 0.6 is 0 Å². The number of hydrogen-bond donors (Lipinski definition) is 2. The van der Waals surface area contributed by atoms with Crippen molar-refractivity contribution in [3.63, 3.8) is 0 Å². The molecule has 148 valence electrons. The lowest BCUT2D eigenvalue weighted by molar-refractivity contribution is -0.134. The van der Waals surface area contributed by atoms with Crippen molar-refractivity contribution in [2.24, 2.45) is 10.9 Å². The number of rotatable bonds is 5. The number of hydrogen-bond acceptors (Lipinski definition) is 4. The SMILES string of the molecule is CN=C(NCC1(OC)CCOCC1)NC1CCN(C(=O)C2CCCC2)C1. The van der Waals surface area contributed by atoms with E-state index in [1.807, 2.05) is 4.90 Å². The second-order valence-corrected chi connectivity index (χ2v) is 7.82. The monoisotopic (exact) mass is 366 g/mol. The Morgan fingerprint density at radius 3 is 2.65 bits per heavy atom. The van der Waals surface area contributed by atoms with Gasteiger partial charge in [-0.2, -0.15) is 0 Å². The molecule has 1 unspecified atom stereocenters. The maximum absolute atomic E-state index is 12.6. The summed E-state index contributed by atoms with van der Waals surface area (Å²) in [6.07, 6.45) is 7.30. The Hall–Kier alpha value is -1.34. The third-order valence-corrected chi connectivity index (χ3v) is 6.18. The molecule has 1 aliphatic carbocycles. The first kappa shape index (κ1) is 19.4. The summed E-state index contributed by atoms with van der Waals surface area (Å²) >= 11 is 0. The first-order valence-electron chi connectivity index (χ1n) is 10.0.